The molecule has 19 heavy (non-hydrogen) atoms. The molecule has 0 unspecified atom stereocenters. The largest absolute Gasteiger partial charge is 0.288 e. The summed E-state index contributed by atoms with van der Waals surface area (Å²) in [5.74, 6) is -1.85. The normalized spacial score (nSPS) is 11.1. The molecule has 0 amide bonds. The van der Waals surface area contributed by atoms with Gasteiger partial charge in [0.05, 0.1) is 10.4 Å². The number of carbonyl (C=O) groups excluding carboxylic acids is 1. The molecule has 3 aromatic rings. The Bertz CT molecular complexity index is 757. The summed E-state index contributed by atoms with van der Waals surface area (Å²) in [6.07, 6.45) is 0. The van der Waals surface area contributed by atoms with Crippen LogP contribution in [0.4, 0.5) is 8.78 Å². The van der Waals surface area contributed by atoms with E-state index in [1.165, 1.54) is 35.7 Å². The average molecular weight is 294 g/mol. The third-order valence-electron chi connectivity index (χ3n) is 2.86. The summed E-state index contributed by atoms with van der Waals surface area (Å²) in [5.41, 5.74) is 0.191. The van der Waals surface area contributed by atoms with Crippen molar-refractivity contribution in [3.05, 3.63) is 57.3 Å². The van der Waals surface area contributed by atoms with Crippen LogP contribution >= 0.6 is 22.7 Å². The lowest BCUT2D eigenvalue weighted by atomic mass is 10.1. The minimum absolute atomic E-state index is 0.0761. The van der Waals surface area contributed by atoms with Crippen LogP contribution in [0.5, 0.6) is 0 Å². The summed E-state index contributed by atoms with van der Waals surface area (Å²) in [6.45, 7) is 1.51. The van der Waals surface area contributed by atoms with Crippen molar-refractivity contribution in [3.8, 4) is 0 Å². The van der Waals surface area contributed by atoms with E-state index in [-0.39, 0.29) is 11.1 Å². The van der Waals surface area contributed by atoms with Crippen LogP contribution in [0.1, 0.15) is 20.8 Å². The topological polar surface area (TPSA) is 17.1 Å². The van der Waals surface area contributed by atoms with Gasteiger partial charge in [-0.25, -0.2) is 8.78 Å². The van der Waals surface area contributed by atoms with Crippen LogP contribution in [0.15, 0.2) is 29.6 Å². The van der Waals surface area contributed by atoms with Gasteiger partial charge in [0.25, 0.3) is 0 Å². The van der Waals surface area contributed by atoms with E-state index in [1.54, 1.807) is 6.07 Å². The quantitative estimate of drug-likeness (QED) is 0.622. The van der Waals surface area contributed by atoms with Crippen molar-refractivity contribution >= 4 is 37.9 Å². The van der Waals surface area contributed by atoms with Gasteiger partial charge >= 0.3 is 0 Å². The van der Waals surface area contributed by atoms with Gasteiger partial charge in [-0.1, -0.05) is 0 Å². The summed E-state index contributed by atoms with van der Waals surface area (Å²) in [5, 5.41) is 1.94. The molecule has 0 radical (unpaired) electrons. The summed E-state index contributed by atoms with van der Waals surface area (Å²) < 4.78 is 28.9. The first-order valence-electron chi connectivity index (χ1n) is 5.53. The van der Waals surface area contributed by atoms with Gasteiger partial charge in [-0.15, -0.1) is 22.7 Å². The van der Waals surface area contributed by atoms with Crippen LogP contribution in [0.2, 0.25) is 0 Å². The van der Waals surface area contributed by atoms with Gasteiger partial charge in [0, 0.05) is 15.5 Å². The van der Waals surface area contributed by atoms with Gasteiger partial charge in [-0.05, 0) is 36.1 Å². The summed E-state index contributed by atoms with van der Waals surface area (Å²) in [6, 6.07) is 5.71. The monoisotopic (exact) mass is 294 g/mol. The van der Waals surface area contributed by atoms with E-state index in [9.17, 15) is 13.6 Å². The van der Waals surface area contributed by atoms with Crippen LogP contribution in [0.3, 0.4) is 0 Å². The van der Waals surface area contributed by atoms with Crippen molar-refractivity contribution in [2.24, 2.45) is 0 Å². The predicted molar refractivity (Wildman–Crippen MR) is 74.2 cm³/mol. The van der Waals surface area contributed by atoms with E-state index in [2.05, 4.69) is 0 Å². The van der Waals surface area contributed by atoms with Gasteiger partial charge in [0.2, 0.25) is 5.78 Å². The predicted octanol–water partition coefficient (Wildman–Crippen LogP) is 4.78. The Kier molecular flexibility index (Phi) is 2.95. The van der Waals surface area contributed by atoms with Gasteiger partial charge in [0.1, 0.15) is 11.6 Å². The third-order valence-corrected chi connectivity index (χ3v) is 4.95. The Balaban J connectivity index is 2.09. The minimum Gasteiger partial charge on any atom is -0.288 e. The Morgan fingerprint density at radius 1 is 1.11 bits per heavy atom. The molecule has 0 saturated carbocycles. The maximum absolute atomic E-state index is 13.7. The number of fused-ring (bicyclic) bond motifs is 1. The Labute approximate surface area is 116 Å². The fourth-order valence-corrected chi connectivity index (χ4v) is 3.90. The number of halogens is 2. The second-order valence-corrected chi connectivity index (χ2v) is 6.20. The molecule has 1 nitrogen and oxygen atoms in total. The molecule has 0 aliphatic rings. The lowest BCUT2D eigenvalue weighted by Gasteiger charge is -2.03. The molecular formula is C14H8F2OS2. The van der Waals surface area contributed by atoms with Crippen molar-refractivity contribution in [3.63, 3.8) is 0 Å². The first-order chi connectivity index (χ1) is 9.06. The standard InChI is InChI=1S/C14H8F2OS2/c1-7-4-8(10(16)5-9(7)15)14(17)13-6-12-11(19-13)2-3-18-12/h2-6H,1H3. The lowest BCUT2D eigenvalue weighted by Crippen LogP contribution is -2.04. The van der Waals surface area contributed by atoms with E-state index in [0.29, 0.717) is 4.88 Å². The molecule has 0 aliphatic heterocycles. The van der Waals surface area contributed by atoms with E-state index in [1.807, 2.05) is 11.4 Å². The van der Waals surface area contributed by atoms with Crippen molar-refractivity contribution in [2.75, 3.05) is 0 Å². The van der Waals surface area contributed by atoms with Crippen molar-refractivity contribution in [1.29, 1.82) is 0 Å². The fraction of sp³-hybridized carbons (Fsp3) is 0.0714. The van der Waals surface area contributed by atoms with E-state index in [0.717, 1.165) is 15.5 Å². The van der Waals surface area contributed by atoms with Crippen LogP contribution in [0, 0.1) is 18.6 Å². The highest BCUT2D eigenvalue weighted by molar-refractivity contribution is 7.28. The molecule has 3 rings (SSSR count). The number of thiophene rings is 2. The number of hydrogen-bond acceptors (Lipinski definition) is 3. The molecule has 0 spiro atoms. The second-order valence-electron chi connectivity index (χ2n) is 4.17. The van der Waals surface area contributed by atoms with Crippen LogP contribution in [0.25, 0.3) is 9.40 Å². The van der Waals surface area contributed by atoms with Gasteiger partial charge < -0.3 is 0 Å². The first kappa shape index (κ1) is 12.4. The molecule has 1 aromatic carbocycles. The van der Waals surface area contributed by atoms with Gasteiger partial charge in [-0.2, -0.15) is 0 Å². The highest BCUT2D eigenvalue weighted by Gasteiger charge is 2.18. The molecule has 0 atom stereocenters. The number of carbonyl (C=O) groups is 1. The Morgan fingerprint density at radius 3 is 2.63 bits per heavy atom. The molecule has 96 valence electrons. The van der Waals surface area contributed by atoms with Gasteiger partial charge in [0.15, 0.2) is 0 Å². The Hall–Kier alpha value is -1.59. The minimum atomic E-state index is -0.815. The smallest absolute Gasteiger partial charge is 0.205 e. The maximum Gasteiger partial charge on any atom is 0.205 e. The van der Waals surface area contributed by atoms with Crippen molar-refractivity contribution in [1.82, 2.24) is 0 Å². The molecule has 0 bridgehead atoms. The number of ketones is 1. The third kappa shape index (κ3) is 2.09. The molecule has 2 aromatic heterocycles. The van der Waals surface area contributed by atoms with E-state index < -0.39 is 17.4 Å². The zero-order valence-electron chi connectivity index (χ0n) is 9.87. The van der Waals surface area contributed by atoms with Crippen molar-refractivity contribution < 1.29 is 13.6 Å². The van der Waals surface area contributed by atoms with Gasteiger partial charge in [-0.3, -0.25) is 4.79 Å². The molecule has 5 heteroatoms. The Morgan fingerprint density at radius 2 is 1.89 bits per heavy atom. The van der Waals surface area contributed by atoms with Crippen molar-refractivity contribution in [2.45, 2.75) is 6.92 Å². The lowest BCUT2D eigenvalue weighted by molar-refractivity contribution is 0.103. The molecule has 0 N–H and O–H groups in total. The maximum atomic E-state index is 13.7. The van der Waals surface area contributed by atoms with Crippen LogP contribution < -0.4 is 0 Å². The average Bonchev–Trinajstić information content (AvgIpc) is 2.93. The second kappa shape index (κ2) is 4.51. The summed E-state index contributed by atoms with van der Waals surface area (Å²) >= 11 is 2.86. The number of hydrogen-bond donors (Lipinski definition) is 0. The van der Waals surface area contributed by atoms with Crippen LogP contribution in [-0.4, -0.2) is 5.78 Å². The van der Waals surface area contributed by atoms with Crippen LogP contribution in [-0.2, 0) is 0 Å². The van der Waals surface area contributed by atoms with E-state index in [4.69, 9.17) is 0 Å². The fourth-order valence-electron chi connectivity index (χ4n) is 1.84. The zero-order chi connectivity index (χ0) is 13.6. The number of rotatable bonds is 2. The SMILES string of the molecule is Cc1cc(C(=O)c2cc3sccc3s2)c(F)cc1F. The highest BCUT2D eigenvalue weighted by atomic mass is 32.1. The van der Waals surface area contributed by atoms with E-state index >= 15 is 0 Å². The zero-order valence-corrected chi connectivity index (χ0v) is 11.5. The highest BCUT2D eigenvalue weighted by Crippen LogP contribution is 2.31. The number of benzene rings is 1. The summed E-state index contributed by atoms with van der Waals surface area (Å²) in [4.78, 5) is 12.7. The molecule has 0 saturated heterocycles. The molecule has 2 heterocycles. The molecular weight excluding hydrogens is 286 g/mol. The number of aryl methyl sites for hydroxylation is 1. The molecule has 0 fully saturated rings. The summed E-state index contributed by atoms with van der Waals surface area (Å²) in [7, 11) is 0. The molecule has 0 aliphatic carbocycles. The first-order valence-corrected chi connectivity index (χ1v) is 7.23.